The SMILES string of the molecule is C[C@H]1CCCC[C@@]12NC(=O)N(CC(=O)OCC(=O)Nc1cccc(F)c1)C2=O. The number of hydrogen-bond acceptors (Lipinski definition) is 5. The van der Waals surface area contributed by atoms with Gasteiger partial charge in [-0.25, -0.2) is 9.18 Å². The second-order valence-electron chi connectivity index (χ2n) is 7.16. The Hall–Kier alpha value is -2.97. The lowest BCUT2D eigenvalue weighted by Crippen LogP contribution is -2.54. The molecule has 1 aliphatic carbocycles. The van der Waals surface area contributed by atoms with Crippen molar-refractivity contribution in [1.29, 1.82) is 0 Å². The molecule has 2 fully saturated rings. The quantitative estimate of drug-likeness (QED) is 0.588. The van der Waals surface area contributed by atoms with E-state index in [2.05, 4.69) is 10.6 Å². The molecule has 3 rings (SSSR count). The number of esters is 1. The van der Waals surface area contributed by atoms with Crippen LogP contribution in [-0.2, 0) is 19.1 Å². The molecule has 0 bridgehead atoms. The van der Waals surface area contributed by atoms with Crippen molar-refractivity contribution in [2.75, 3.05) is 18.5 Å². The number of hydrogen-bond donors (Lipinski definition) is 2. The van der Waals surface area contributed by atoms with Gasteiger partial charge in [0.1, 0.15) is 17.9 Å². The molecule has 9 heteroatoms. The summed E-state index contributed by atoms with van der Waals surface area (Å²) in [5, 5.41) is 5.13. The number of urea groups is 1. The van der Waals surface area contributed by atoms with Crippen LogP contribution in [0.15, 0.2) is 24.3 Å². The van der Waals surface area contributed by atoms with Gasteiger partial charge in [0.15, 0.2) is 6.61 Å². The molecule has 8 nitrogen and oxygen atoms in total. The standard InChI is InChI=1S/C19H22FN3O5/c1-12-5-2-3-8-19(12)17(26)23(18(27)22-19)10-16(25)28-11-15(24)21-14-7-4-6-13(20)9-14/h4,6-7,9,12H,2-3,5,8,10-11H2,1H3,(H,21,24)(H,22,27)/t12-,19+/m0/s1. The van der Waals surface area contributed by atoms with E-state index in [4.69, 9.17) is 4.74 Å². The van der Waals surface area contributed by atoms with E-state index in [0.717, 1.165) is 30.2 Å². The number of benzene rings is 1. The van der Waals surface area contributed by atoms with E-state index in [1.807, 2.05) is 6.92 Å². The first-order valence-corrected chi connectivity index (χ1v) is 9.17. The summed E-state index contributed by atoms with van der Waals surface area (Å²) in [4.78, 5) is 49.7. The average molecular weight is 391 g/mol. The lowest BCUT2D eigenvalue weighted by atomic mass is 9.73. The predicted molar refractivity (Wildman–Crippen MR) is 96.6 cm³/mol. The van der Waals surface area contributed by atoms with Crippen LogP contribution in [0.3, 0.4) is 0 Å². The Morgan fingerprint density at radius 3 is 2.86 bits per heavy atom. The van der Waals surface area contributed by atoms with Gasteiger partial charge < -0.3 is 15.4 Å². The summed E-state index contributed by atoms with van der Waals surface area (Å²) >= 11 is 0. The molecule has 0 radical (unpaired) electrons. The van der Waals surface area contributed by atoms with Crippen molar-refractivity contribution < 1.29 is 28.3 Å². The van der Waals surface area contributed by atoms with E-state index in [1.54, 1.807) is 0 Å². The van der Waals surface area contributed by atoms with Crippen LogP contribution in [0.5, 0.6) is 0 Å². The second-order valence-corrected chi connectivity index (χ2v) is 7.16. The summed E-state index contributed by atoms with van der Waals surface area (Å²) in [6, 6.07) is 4.64. The Bertz CT molecular complexity index is 815. The third kappa shape index (κ3) is 3.97. The number of carbonyl (C=O) groups excluding carboxylic acids is 4. The second kappa shape index (κ2) is 7.95. The molecule has 1 spiro atoms. The fourth-order valence-corrected chi connectivity index (χ4v) is 3.72. The zero-order valence-electron chi connectivity index (χ0n) is 15.5. The molecule has 1 aromatic carbocycles. The highest BCUT2D eigenvalue weighted by Gasteiger charge is 2.55. The Morgan fingerprint density at radius 1 is 1.36 bits per heavy atom. The van der Waals surface area contributed by atoms with E-state index in [-0.39, 0.29) is 11.6 Å². The first-order chi connectivity index (χ1) is 13.3. The van der Waals surface area contributed by atoms with Gasteiger partial charge in [-0.05, 0) is 37.0 Å². The molecule has 2 N–H and O–H groups in total. The number of anilines is 1. The largest absolute Gasteiger partial charge is 0.454 e. The summed E-state index contributed by atoms with van der Waals surface area (Å²) in [5.41, 5.74) is -0.729. The number of rotatable bonds is 5. The van der Waals surface area contributed by atoms with Crippen LogP contribution in [0, 0.1) is 11.7 Å². The first kappa shape index (κ1) is 19.8. The molecule has 28 heavy (non-hydrogen) atoms. The van der Waals surface area contributed by atoms with Gasteiger partial charge >= 0.3 is 12.0 Å². The summed E-state index contributed by atoms with van der Waals surface area (Å²) < 4.78 is 17.9. The number of nitrogens with zero attached hydrogens (tertiary/aromatic N) is 1. The normalized spacial score (nSPS) is 24.2. The minimum atomic E-state index is -0.954. The highest BCUT2D eigenvalue weighted by molar-refractivity contribution is 6.09. The molecule has 150 valence electrons. The van der Waals surface area contributed by atoms with Gasteiger partial charge in [-0.15, -0.1) is 0 Å². The van der Waals surface area contributed by atoms with Crippen LogP contribution in [0.2, 0.25) is 0 Å². The molecule has 1 heterocycles. The Balaban J connectivity index is 1.52. The third-order valence-electron chi connectivity index (χ3n) is 5.26. The maximum Gasteiger partial charge on any atom is 0.326 e. The molecule has 0 unspecified atom stereocenters. The number of imide groups is 1. The predicted octanol–water partition coefficient (Wildman–Crippen LogP) is 1.81. The van der Waals surface area contributed by atoms with E-state index < -0.39 is 48.3 Å². The fourth-order valence-electron chi connectivity index (χ4n) is 3.72. The first-order valence-electron chi connectivity index (χ1n) is 9.17. The number of nitrogens with one attached hydrogen (secondary N) is 2. The van der Waals surface area contributed by atoms with Crippen LogP contribution < -0.4 is 10.6 Å². The Kier molecular flexibility index (Phi) is 5.62. The van der Waals surface area contributed by atoms with Crippen LogP contribution in [0.4, 0.5) is 14.9 Å². The zero-order chi connectivity index (χ0) is 20.3. The van der Waals surface area contributed by atoms with Gasteiger partial charge in [-0.3, -0.25) is 19.3 Å². The van der Waals surface area contributed by atoms with Gasteiger partial charge in [0, 0.05) is 5.69 Å². The molecule has 2 aliphatic rings. The fraction of sp³-hybridized carbons (Fsp3) is 0.474. The summed E-state index contributed by atoms with van der Waals surface area (Å²) in [6.45, 7) is 0.739. The van der Waals surface area contributed by atoms with Crippen molar-refractivity contribution in [1.82, 2.24) is 10.2 Å². The number of amides is 4. The number of carbonyl (C=O) groups is 4. The van der Waals surface area contributed by atoms with Crippen molar-refractivity contribution in [3.63, 3.8) is 0 Å². The molecule has 1 saturated heterocycles. The van der Waals surface area contributed by atoms with E-state index in [1.165, 1.54) is 18.2 Å². The van der Waals surface area contributed by atoms with Crippen LogP contribution in [0.1, 0.15) is 32.6 Å². The lowest BCUT2D eigenvalue weighted by Gasteiger charge is -2.36. The van der Waals surface area contributed by atoms with Gasteiger partial charge in [-0.2, -0.15) is 0 Å². The minimum Gasteiger partial charge on any atom is -0.454 e. The van der Waals surface area contributed by atoms with Crippen molar-refractivity contribution in [3.05, 3.63) is 30.1 Å². The highest BCUT2D eigenvalue weighted by Crippen LogP contribution is 2.38. The molecular weight excluding hydrogens is 369 g/mol. The lowest BCUT2D eigenvalue weighted by molar-refractivity contribution is -0.150. The minimum absolute atomic E-state index is 0.0178. The number of halogens is 1. The Labute approximate surface area is 161 Å². The van der Waals surface area contributed by atoms with Gasteiger partial charge in [0.25, 0.3) is 11.8 Å². The van der Waals surface area contributed by atoms with Crippen molar-refractivity contribution >= 4 is 29.5 Å². The van der Waals surface area contributed by atoms with E-state index >= 15 is 0 Å². The molecule has 1 aromatic rings. The van der Waals surface area contributed by atoms with Crippen molar-refractivity contribution in [3.8, 4) is 0 Å². The van der Waals surface area contributed by atoms with E-state index in [9.17, 15) is 23.6 Å². The average Bonchev–Trinajstić information content (AvgIpc) is 2.88. The smallest absolute Gasteiger partial charge is 0.326 e. The van der Waals surface area contributed by atoms with Crippen molar-refractivity contribution in [2.45, 2.75) is 38.1 Å². The molecule has 0 aromatic heterocycles. The van der Waals surface area contributed by atoms with Gasteiger partial charge in [-0.1, -0.05) is 25.8 Å². The van der Waals surface area contributed by atoms with Crippen LogP contribution >= 0.6 is 0 Å². The summed E-state index contributed by atoms with van der Waals surface area (Å²) in [7, 11) is 0. The van der Waals surface area contributed by atoms with E-state index in [0.29, 0.717) is 6.42 Å². The molecular formula is C19H22FN3O5. The number of ether oxygens (including phenoxy) is 1. The summed E-state index contributed by atoms with van der Waals surface area (Å²) in [6.07, 6.45) is 3.19. The highest BCUT2D eigenvalue weighted by atomic mass is 19.1. The topological polar surface area (TPSA) is 105 Å². The maximum atomic E-state index is 13.1. The van der Waals surface area contributed by atoms with Crippen molar-refractivity contribution in [2.24, 2.45) is 5.92 Å². The van der Waals surface area contributed by atoms with Crippen LogP contribution in [0.25, 0.3) is 0 Å². The summed E-state index contributed by atoms with van der Waals surface area (Å²) in [5.74, 6) is -2.49. The molecule has 1 saturated carbocycles. The molecule has 2 atom stereocenters. The monoisotopic (exact) mass is 391 g/mol. The zero-order valence-corrected chi connectivity index (χ0v) is 15.5. The molecule has 4 amide bonds. The third-order valence-corrected chi connectivity index (χ3v) is 5.26. The van der Waals surface area contributed by atoms with Crippen LogP contribution in [-0.4, -0.2) is 47.4 Å². The van der Waals surface area contributed by atoms with Gasteiger partial charge in [0.2, 0.25) is 0 Å². The maximum absolute atomic E-state index is 13.1. The van der Waals surface area contributed by atoms with Gasteiger partial charge in [0.05, 0.1) is 0 Å². The Morgan fingerprint density at radius 2 is 2.14 bits per heavy atom. The molecule has 1 aliphatic heterocycles.